The number of phenols is 1. The van der Waals surface area contributed by atoms with Crippen molar-refractivity contribution in [2.75, 3.05) is 5.75 Å². The van der Waals surface area contributed by atoms with Crippen LogP contribution in [0.2, 0.25) is 0 Å². The number of aliphatic imine (C=N–C) groups is 1. The number of hydrogen-bond acceptors (Lipinski definition) is 4. The van der Waals surface area contributed by atoms with E-state index in [0.717, 1.165) is 38.8 Å². The molecular weight excluding hydrogens is 336 g/mol. The molecular formula is C16H15ClN2OS2. The summed E-state index contributed by atoms with van der Waals surface area (Å²) in [7, 11) is 0. The predicted octanol–water partition coefficient (Wildman–Crippen LogP) is 4.87. The van der Waals surface area contributed by atoms with Crippen LogP contribution in [0.1, 0.15) is 12.0 Å². The van der Waals surface area contributed by atoms with E-state index in [0.29, 0.717) is 11.7 Å². The van der Waals surface area contributed by atoms with E-state index in [-0.39, 0.29) is 5.75 Å². The summed E-state index contributed by atoms with van der Waals surface area (Å²) in [5.41, 5.74) is 9.12. The molecule has 22 heavy (non-hydrogen) atoms. The van der Waals surface area contributed by atoms with Gasteiger partial charge in [-0.2, -0.15) is 0 Å². The lowest BCUT2D eigenvalue weighted by molar-refractivity contribution is 0.475. The van der Waals surface area contributed by atoms with E-state index in [2.05, 4.69) is 11.1 Å². The van der Waals surface area contributed by atoms with Gasteiger partial charge in [0, 0.05) is 21.6 Å². The van der Waals surface area contributed by atoms with Crippen molar-refractivity contribution in [3.05, 3.63) is 46.2 Å². The van der Waals surface area contributed by atoms with Crippen LogP contribution in [0.5, 0.6) is 5.75 Å². The van der Waals surface area contributed by atoms with Crippen molar-refractivity contribution in [1.29, 1.82) is 0 Å². The number of benzene rings is 1. The van der Waals surface area contributed by atoms with Crippen LogP contribution in [-0.4, -0.2) is 16.7 Å². The largest absolute Gasteiger partial charge is 0.508 e. The third kappa shape index (κ3) is 3.16. The summed E-state index contributed by atoms with van der Waals surface area (Å²) in [5.74, 6) is 2.25. The highest BCUT2D eigenvalue weighted by atomic mass is 35.5. The van der Waals surface area contributed by atoms with Gasteiger partial charge in [0.25, 0.3) is 0 Å². The lowest BCUT2D eigenvalue weighted by Crippen LogP contribution is -2.11. The average molecular weight is 351 g/mol. The predicted molar refractivity (Wildman–Crippen MR) is 97.4 cm³/mol. The molecule has 0 atom stereocenters. The summed E-state index contributed by atoms with van der Waals surface area (Å²) in [5, 5.41) is 12.3. The van der Waals surface area contributed by atoms with Crippen LogP contribution >= 0.6 is 34.7 Å². The maximum atomic E-state index is 9.41. The van der Waals surface area contributed by atoms with Crippen molar-refractivity contribution >= 4 is 45.5 Å². The molecule has 0 saturated carbocycles. The molecule has 0 aliphatic carbocycles. The van der Waals surface area contributed by atoms with Crippen molar-refractivity contribution in [2.24, 2.45) is 10.7 Å². The minimum absolute atomic E-state index is 0.249. The second kappa shape index (κ2) is 6.77. The molecule has 3 N–H and O–H groups in total. The van der Waals surface area contributed by atoms with Crippen LogP contribution < -0.4 is 5.73 Å². The molecule has 0 unspecified atom stereocenters. The number of nitrogens with zero attached hydrogens (tertiary/aromatic N) is 1. The molecule has 0 saturated heterocycles. The van der Waals surface area contributed by atoms with Gasteiger partial charge in [0.2, 0.25) is 0 Å². The molecule has 0 bridgehead atoms. The number of allylic oxidation sites excluding steroid dienone is 1. The molecule has 0 radical (unpaired) electrons. The fourth-order valence-corrected chi connectivity index (χ4v) is 4.46. The van der Waals surface area contributed by atoms with Gasteiger partial charge >= 0.3 is 0 Å². The van der Waals surface area contributed by atoms with Gasteiger partial charge in [-0.05, 0) is 29.7 Å². The van der Waals surface area contributed by atoms with E-state index in [4.69, 9.17) is 17.3 Å². The smallest absolute Gasteiger partial charge is 0.138 e. The van der Waals surface area contributed by atoms with Crippen molar-refractivity contribution in [3.63, 3.8) is 0 Å². The minimum Gasteiger partial charge on any atom is -0.508 e. The quantitative estimate of drug-likeness (QED) is 0.470. The van der Waals surface area contributed by atoms with E-state index >= 15 is 0 Å². The zero-order valence-corrected chi connectivity index (χ0v) is 14.1. The van der Waals surface area contributed by atoms with E-state index in [9.17, 15) is 5.11 Å². The first-order valence-electron chi connectivity index (χ1n) is 6.82. The lowest BCUT2D eigenvalue weighted by Gasteiger charge is -2.04. The number of hydrogen-bond donors (Lipinski definition) is 2. The molecule has 0 amide bonds. The van der Waals surface area contributed by atoms with Gasteiger partial charge in [0.1, 0.15) is 16.6 Å². The summed E-state index contributed by atoms with van der Waals surface area (Å²) < 4.78 is 0. The molecule has 2 aromatic rings. The second-order valence-electron chi connectivity index (χ2n) is 4.82. The van der Waals surface area contributed by atoms with Gasteiger partial charge in [-0.1, -0.05) is 18.2 Å². The van der Waals surface area contributed by atoms with Gasteiger partial charge in [-0.15, -0.1) is 34.7 Å². The molecule has 1 aliphatic heterocycles. The Bertz CT molecular complexity index is 735. The lowest BCUT2D eigenvalue weighted by atomic mass is 10.1. The second-order valence-corrected chi connectivity index (χ2v) is 7.08. The van der Waals surface area contributed by atoms with Gasteiger partial charge in [0.15, 0.2) is 0 Å². The molecule has 0 spiro atoms. The van der Waals surface area contributed by atoms with E-state index in [1.807, 2.05) is 17.5 Å². The number of phenolic OH excluding ortho intramolecular Hbond substituents is 1. The van der Waals surface area contributed by atoms with Crippen LogP contribution in [0.15, 0.2) is 45.6 Å². The van der Waals surface area contributed by atoms with Crippen LogP contribution in [0.4, 0.5) is 5.00 Å². The fraction of sp³-hybridized carbons (Fsp3) is 0.188. The number of amidine groups is 1. The highest BCUT2D eigenvalue weighted by Crippen LogP contribution is 2.39. The van der Waals surface area contributed by atoms with E-state index in [1.54, 1.807) is 23.9 Å². The topological polar surface area (TPSA) is 58.6 Å². The van der Waals surface area contributed by atoms with Gasteiger partial charge in [0.05, 0.1) is 5.88 Å². The van der Waals surface area contributed by atoms with Crippen molar-refractivity contribution in [1.82, 2.24) is 0 Å². The normalized spacial score (nSPS) is 15.1. The minimum atomic E-state index is 0.249. The van der Waals surface area contributed by atoms with Crippen LogP contribution in [-0.2, 0) is 5.88 Å². The Balaban J connectivity index is 1.97. The highest BCUT2D eigenvalue weighted by Gasteiger charge is 2.15. The van der Waals surface area contributed by atoms with Gasteiger partial charge < -0.3 is 10.8 Å². The molecule has 1 aromatic carbocycles. The van der Waals surface area contributed by atoms with Gasteiger partial charge in [-0.25, -0.2) is 4.99 Å². The Morgan fingerprint density at radius 1 is 1.32 bits per heavy atom. The van der Waals surface area contributed by atoms with Crippen LogP contribution in [0.3, 0.4) is 0 Å². The Hall–Kier alpha value is -1.43. The number of rotatable bonds is 4. The molecule has 0 fully saturated rings. The number of alkyl halides is 1. The average Bonchev–Trinajstić information content (AvgIpc) is 3.17. The molecule has 1 aliphatic rings. The summed E-state index contributed by atoms with van der Waals surface area (Å²) in [6.45, 7) is 0. The fourth-order valence-electron chi connectivity index (χ4n) is 2.24. The first-order chi connectivity index (χ1) is 10.7. The number of thioether (sulfide) groups is 1. The first kappa shape index (κ1) is 15.5. The molecule has 3 nitrogen and oxygen atoms in total. The van der Waals surface area contributed by atoms with Crippen LogP contribution in [0.25, 0.3) is 11.1 Å². The summed E-state index contributed by atoms with van der Waals surface area (Å²) in [6, 6.07) is 7.09. The van der Waals surface area contributed by atoms with Crippen molar-refractivity contribution < 1.29 is 5.11 Å². The Kier molecular flexibility index (Phi) is 4.76. The molecule has 3 rings (SSSR count). The molecule has 114 valence electrons. The third-order valence-corrected chi connectivity index (χ3v) is 5.67. The molecule has 2 heterocycles. The number of nitrogens with two attached hydrogens (primary N) is 1. The Labute approximate surface area is 142 Å². The standard InChI is InChI=1S/C16H15ClN2OS2/c17-8-12-13(10-3-5-11(20)6-4-10)9-22-16(12)19-15(18)14-2-1-7-21-14/h2-6,9,20H,1,7-8H2,(H2,18,19). The van der Waals surface area contributed by atoms with Gasteiger partial charge in [-0.3, -0.25) is 0 Å². The van der Waals surface area contributed by atoms with E-state index in [1.165, 1.54) is 11.3 Å². The molecule has 6 heteroatoms. The first-order valence-corrected chi connectivity index (χ1v) is 9.22. The number of aromatic hydroxyl groups is 1. The molecule has 1 aromatic heterocycles. The van der Waals surface area contributed by atoms with Crippen LogP contribution in [0, 0.1) is 0 Å². The van der Waals surface area contributed by atoms with Crippen molar-refractivity contribution in [2.45, 2.75) is 12.3 Å². The summed E-state index contributed by atoms with van der Waals surface area (Å²) in [6.07, 6.45) is 3.17. The zero-order chi connectivity index (χ0) is 15.5. The van der Waals surface area contributed by atoms with E-state index < -0.39 is 0 Å². The maximum Gasteiger partial charge on any atom is 0.138 e. The maximum absolute atomic E-state index is 9.41. The number of halogens is 1. The Morgan fingerprint density at radius 2 is 2.09 bits per heavy atom. The zero-order valence-electron chi connectivity index (χ0n) is 11.8. The highest BCUT2D eigenvalue weighted by molar-refractivity contribution is 8.04. The summed E-state index contributed by atoms with van der Waals surface area (Å²) in [4.78, 5) is 5.62. The van der Waals surface area contributed by atoms with Crippen molar-refractivity contribution in [3.8, 4) is 16.9 Å². The Morgan fingerprint density at radius 3 is 2.73 bits per heavy atom. The monoisotopic (exact) mass is 350 g/mol. The third-order valence-electron chi connectivity index (χ3n) is 3.36. The SMILES string of the molecule is N/C(=N\c1scc(-c2ccc(O)cc2)c1CCl)C1=CCCS1. The summed E-state index contributed by atoms with van der Waals surface area (Å²) >= 11 is 9.40. The number of thiophene rings is 1.